The number of carbonyl (C=O) groups excluding carboxylic acids is 1. The number of piperidine rings is 1. The Bertz CT molecular complexity index is 284. The molecule has 0 spiro atoms. The lowest BCUT2D eigenvalue weighted by Gasteiger charge is -2.40. The molecule has 0 aromatic carbocycles. The highest BCUT2D eigenvalue weighted by atomic mass is 16.3. The smallest absolute Gasteiger partial charge is 0.234 e. The Balaban J connectivity index is 2.56. The average Bonchev–Trinajstić information content (AvgIpc) is 2.17. The highest BCUT2D eigenvalue weighted by Gasteiger charge is 2.31. The molecule has 3 atom stereocenters. The summed E-state index contributed by atoms with van der Waals surface area (Å²) in [5, 5.41) is 12.8. The van der Waals surface area contributed by atoms with Crippen molar-refractivity contribution in [3.05, 3.63) is 0 Å². The number of likely N-dealkylation sites (tertiary alicyclic amines) is 1. The fraction of sp³-hybridized carbons (Fsp3) is 0.929. The van der Waals surface area contributed by atoms with Gasteiger partial charge >= 0.3 is 0 Å². The Hall–Kier alpha value is -0.610. The molecule has 0 bridgehead atoms. The van der Waals surface area contributed by atoms with E-state index in [1.165, 1.54) is 0 Å². The summed E-state index contributed by atoms with van der Waals surface area (Å²) in [4.78, 5) is 14.1. The van der Waals surface area contributed by atoms with Crippen molar-refractivity contribution < 1.29 is 9.90 Å². The van der Waals surface area contributed by atoms with E-state index in [-0.39, 0.29) is 23.6 Å². The second kappa shape index (κ2) is 6.02. The molecule has 1 aliphatic heterocycles. The van der Waals surface area contributed by atoms with Crippen molar-refractivity contribution in [2.45, 2.75) is 65.1 Å². The summed E-state index contributed by atoms with van der Waals surface area (Å²) in [6.07, 6.45) is 1.70. The van der Waals surface area contributed by atoms with Gasteiger partial charge in [0, 0.05) is 11.6 Å². The van der Waals surface area contributed by atoms with Gasteiger partial charge in [0.1, 0.15) is 0 Å². The second-order valence-corrected chi connectivity index (χ2v) is 6.71. The molecule has 1 fully saturated rings. The van der Waals surface area contributed by atoms with Crippen LogP contribution in [-0.2, 0) is 4.79 Å². The van der Waals surface area contributed by atoms with Gasteiger partial charge in [-0.1, -0.05) is 6.92 Å². The van der Waals surface area contributed by atoms with Crippen LogP contribution in [0.25, 0.3) is 0 Å². The number of carbonyl (C=O) groups is 1. The molecule has 1 aliphatic rings. The lowest BCUT2D eigenvalue weighted by molar-refractivity contribution is -0.125. The molecule has 1 amide bonds. The van der Waals surface area contributed by atoms with Crippen LogP contribution in [-0.4, -0.2) is 46.7 Å². The number of hydrogen-bond acceptors (Lipinski definition) is 3. The highest BCUT2D eigenvalue weighted by Crippen LogP contribution is 2.24. The zero-order chi connectivity index (χ0) is 13.9. The van der Waals surface area contributed by atoms with E-state index in [1.54, 1.807) is 0 Å². The van der Waals surface area contributed by atoms with Gasteiger partial charge in [0.25, 0.3) is 0 Å². The largest absolute Gasteiger partial charge is 0.392 e. The van der Waals surface area contributed by atoms with Crippen LogP contribution in [0.2, 0.25) is 0 Å². The van der Waals surface area contributed by atoms with Gasteiger partial charge < -0.3 is 10.4 Å². The zero-order valence-electron chi connectivity index (χ0n) is 12.4. The van der Waals surface area contributed by atoms with Crippen LogP contribution in [0.15, 0.2) is 0 Å². The predicted molar refractivity (Wildman–Crippen MR) is 73.3 cm³/mol. The minimum Gasteiger partial charge on any atom is -0.392 e. The van der Waals surface area contributed by atoms with E-state index in [1.807, 2.05) is 27.7 Å². The molecule has 0 aliphatic carbocycles. The quantitative estimate of drug-likeness (QED) is 0.802. The lowest BCUT2D eigenvalue weighted by atomic mass is 9.90. The van der Waals surface area contributed by atoms with Gasteiger partial charge in [-0.2, -0.15) is 0 Å². The standard InChI is InChI=1S/C14H28N2O2/c1-10-6-7-16(12(8-10)11(2)17)9-13(18)15-14(3,4)5/h10-12,17H,6-9H2,1-5H3,(H,15,18). The summed E-state index contributed by atoms with van der Waals surface area (Å²) in [5.74, 6) is 0.675. The van der Waals surface area contributed by atoms with Crippen molar-refractivity contribution in [3.63, 3.8) is 0 Å². The molecule has 1 rings (SSSR count). The van der Waals surface area contributed by atoms with Gasteiger partial charge in [-0.05, 0) is 53.0 Å². The Kier molecular flexibility index (Phi) is 5.17. The summed E-state index contributed by atoms with van der Waals surface area (Å²) in [6, 6.07) is 0.111. The molecular formula is C14H28N2O2. The van der Waals surface area contributed by atoms with Gasteiger partial charge in [-0.25, -0.2) is 0 Å². The number of hydrogen-bond donors (Lipinski definition) is 2. The molecule has 4 heteroatoms. The first-order chi connectivity index (χ1) is 8.19. The van der Waals surface area contributed by atoms with Gasteiger partial charge in [0.15, 0.2) is 0 Å². The molecule has 0 aromatic rings. The monoisotopic (exact) mass is 256 g/mol. The van der Waals surface area contributed by atoms with Crippen molar-refractivity contribution in [1.82, 2.24) is 10.2 Å². The maximum absolute atomic E-state index is 11.9. The summed E-state index contributed by atoms with van der Waals surface area (Å²) in [5.41, 5.74) is -0.194. The van der Waals surface area contributed by atoms with Crippen LogP contribution in [0.1, 0.15) is 47.5 Å². The molecule has 0 aromatic heterocycles. The predicted octanol–water partition coefficient (Wildman–Crippen LogP) is 1.38. The van der Waals surface area contributed by atoms with E-state index in [9.17, 15) is 9.90 Å². The van der Waals surface area contributed by atoms with E-state index >= 15 is 0 Å². The topological polar surface area (TPSA) is 52.6 Å². The molecule has 18 heavy (non-hydrogen) atoms. The Morgan fingerprint density at radius 2 is 2.11 bits per heavy atom. The molecule has 0 saturated carbocycles. The van der Waals surface area contributed by atoms with Crippen LogP contribution >= 0.6 is 0 Å². The number of nitrogens with one attached hydrogen (secondary N) is 1. The summed E-state index contributed by atoms with van der Waals surface area (Å²) < 4.78 is 0. The third kappa shape index (κ3) is 4.94. The lowest BCUT2D eigenvalue weighted by Crippen LogP contribution is -2.53. The van der Waals surface area contributed by atoms with E-state index < -0.39 is 0 Å². The first-order valence-corrected chi connectivity index (χ1v) is 6.92. The summed E-state index contributed by atoms with van der Waals surface area (Å²) in [6.45, 7) is 11.3. The molecule has 4 nitrogen and oxygen atoms in total. The van der Waals surface area contributed by atoms with E-state index in [2.05, 4.69) is 17.1 Å². The normalized spacial score (nSPS) is 27.9. The molecule has 3 unspecified atom stereocenters. The first kappa shape index (κ1) is 15.4. The number of amides is 1. The van der Waals surface area contributed by atoms with E-state index in [0.29, 0.717) is 12.5 Å². The van der Waals surface area contributed by atoms with Gasteiger partial charge in [-0.3, -0.25) is 9.69 Å². The minimum absolute atomic E-state index is 0.0442. The molecule has 0 radical (unpaired) electrons. The number of nitrogens with zero attached hydrogens (tertiary/aromatic N) is 1. The van der Waals surface area contributed by atoms with E-state index in [4.69, 9.17) is 0 Å². The highest BCUT2D eigenvalue weighted by molar-refractivity contribution is 5.78. The number of rotatable bonds is 3. The summed E-state index contributed by atoms with van der Waals surface area (Å²) >= 11 is 0. The Morgan fingerprint density at radius 1 is 1.50 bits per heavy atom. The summed E-state index contributed by atoms with van der Waals surface area (Å²) in [7, 11) is 0. The van der Waals surface area contributed by atoms with Crippen LogP contribution in [0.3, 0.4) is 0 Å². The van der Waals surface area contributed by atoms with Crippen molar-refractivity contribution in [2.24, 2.45) is 5.92 Å². The number of aliphatic hydroxyl groups excluding tert-OH is 1. The average molecular weight is 256 g/mol. The molecule has 1 heterocycles. The fourth-order valence-electron chi connectivity index (χ4n) is 2.57. The SMILES string of the molecule is CC1CCN(CC(=O)NC(C)(C)C)C(C(C)O)C1. The van der Waals surface area contributed by atoms with Crippen molar-refractivity contribution in [3.8, 4) is 0 Å². The van der Waals surface area contributed by atoms with Gasteiger partial charge in [-0.15, -0.1) is 0 Å². The van der Waals surface area contributed by atoms with Crippen molar-refractivity contribution in [1.29, 1.82) is 0 Å². The minimum atomic E-state index is -0.379. The molecule has 106 valence electrons. The first-order valence-electron chi connectivity index (χ1n) is 6.92. The van der Waals surface area contributed by atoms with Crippen LogP contribution < -0.4 is 5.32 Å². The maximum atomic E-state index is 11.9. The third-order valence-electron chi connectivity index (χ3n) is 3.44. The number of aliphatic hydroxyl groups is 1. The van der Waals surface area contributed by atoms with Gasteiger partial charge in [0.2, 0.25) is 5.91 Å². The van der Waals surface area contributed by atoms with Crippen molar-refractivity contribution >= 4 is 5.91 Å². The third-order valence-corrected chi connectivity index (χ3v) is 3.44. The van der Waals surface area contributed by atoms with Crippen molar-refractivity contribution in [2.75, 3.05) is 13.1 Å². The molecule has 1 saturated heterocycles. The Morgan fingerprint density at radius 3 is 2.61 bits per heavy atom. The van der Waals surface area contributed by atoms with Crippen LogP contribution in [0, 0.1) is 5.92 Å². The zero-order valence-corrected chi connectivity index (χ0v) is 12.4. The maximum Gasteiger partial charge on any atom is 0.234 e. The fourth-order valence-corrected chi connectivity index (χ4v) is 2.57. The Labute approximate surface area is 111 Å². The van der Waals surface area contributed by atoms with Gasteiger partial charge in [0.05, 0.1) is 12.6 Å². The molecule has 2 N–H and O–H groups in total. The van der Waals surface area contributed by atoms with Crippen LogP contribution in [0.4, 0.5) is 0 Å². The molecular weight excluding hydrogens is 228 g/mol. The van der Waals surface area contributed by atoms with E-state index in [0.717, 1.165) is 19.4 Å². The second-order valence-electron chi connectivity index (χ2n) is 6.71. The van der Waals surface area contributed by atoms with Crippen LogP contribution in [0.5, 0.6) is 0 Å².